The fourth-order valence-corrected chi connectivity index (χ4v) is 1.93. The molecule has 1 N–H and O–H groups in total. The molecule has 94 valence electrons. The molecule has 1 aliphatic rings. The van der Waals surface area contributed by atoms with E-state index in [9.17, 15) is 5.11 Å². The molecule has 0 spiro atoms. The molecule has 0 aliphatic carbocycles. The molecule has 0 amide bonds. The highest BCUT2D eigenvalue weighted by Gasteiger charge is 2.22. The molecular formula is C16H14N2O. The summed E-state index contributed by atoms with van der Waals surface area (Å²) in [6.07, 6.45) is 0. The number of hydrogen-bond donors (Lipinski definition) is 1. The molecule has 1 aromatic carbocycles. The molecule has 0 aromatic heterocycles. The Hall–Kier alpha value is -2.65. The molecule has 1 aliphatic heterocycles. The zero-order valence-electron chi connectivity index (χ0n) is 10.8. The summed E-state index contributed by atoms with van der Waals surface area (Å²) in [4.78, 5) is 2.04. The lowest BCUT2D eigenvalue weighted by molar-refractivity contribution is 0.430. The van der Waals surface area contributed by atoms with Crippen molar-refractivity contribution in [1.82, 2.24) is 4.90 Å². The van der Waals surface area contributed by atoms with E-state index in [1.165, 1.54) is 0 Å². The quantitative estimate of drug-likeness (QED) is 0.779. The molecule has 3 nitrogen and oxygen atoms in total. The van der Waals surface area contributed by atoms with Gasteiger partial charge in [0.05, 0.1) is 5.57 Å². The van der Waals surface area contributed by atoms with Gasteiger partial charge in [-0.3, -0.25) is 0 Å². The van der Waals surface area contributed by atoms with E-state index in [1.807, 2.05) is 11.8 Å². The molecular weight excluding hydrogens is 236 g/mol. The summed E-state index contributed by atoms with van der Waals surface area (Å²) in [6.45, 7) is 7.38. The average molecular weight is 250 g/mol. The Kier molecular flexibility index (Phi) is 3.59. The molecule has 0 saturated carbocycles. The monoisotopic (exact) mass is 250 g/mol. The first kappa shape index (κ1) is 12.8. The third kappa shape index (κ3) is 2.61. The summed E-state index contributed by atoms with van der Waals surface area (Å²) >= 11 is 0. The van der Waals surface area contributed by atoms with Crippen LogP contribution in [-0.4, -0.2) is 23.1 Å². The van der Waals surface area contributed by atoms with Gasteiger partial charge in [0.15, 0.2) is 0 Å². The van der Waals surface area contributed by atoms with Crippen LogP contribution in [0.4, 0.5) is 0 Å². The van der Waals surface area contributed by atoms with Crippen LogP contribution in [0.25, 0.3) is 0 Å². The fourth-order valence-electron chi connectivity index (χ4n) is 1.93. The first-order valence-corrected chi connectivity index (χ1v) is 6.04. The minimum Gasteiger partial charge on any atom is -0.508 e. The number of aromatic hydroxyl groups is 1. The molecule has 3 heteroatoms. The number of phenolic OH excluding ortho intramolecular Hbond substituents is 1. The molecule has 2 rings (SSSR count). The van der Waals surface area contributed by atoms with E-state index in [-0.39, 0.29) is 5.75 Å². The van der Waals surface area contributed by atoms with Crippen LogP contribution >= 0.6 is 0 Å². The first-order valence-electron chi connectivity index (χ1n) is 6.04. The van der Waals surface area contributed by atoms with Crippen LogP contribution in [0.5, 0.6) is 5.75 Å². The second-order valence-electron chi connectivity index (χ2n) is 4.25. The third-order valence-corrected chi connectivity index (χ3v) is 2.97. The molecule has 0 atom stereocenters. The van der Waals surface area contributed by atoms with E-state index in [4.69, 9.17) is 5.26 Å². The molecule has 0 fully saturated rings. The predicted octanol–water partition coefficient (Wildman–Crippen LogP) is 2.41. The smallest absolute Gasteiger partial charge is 0.115 e. The summed E-state index contributed by atoms with van der Waals surface area (Å²) in [6, 6.07) is 8.84. The van der Waals surface area contributed by atoms with Crippen molar-refractivity contribution in [2.24, 2.45) is 0 Å². The average Bonchev–Trinajstić information content (AvgIpc) is 2.73. The van der Waals surface area contributed by atoms with Crippen molar-refractivity contribution in [2.45, 2.75) is 6.92 Å². The lowest BCUT2D eigenvalue weighted by Crippen LogP contribution is -2.18. The molecule has 19 heavy (non-hydrogen) atoms. The Morgan fingerprint density at radius 1 is 1.32 bits per heavy atom. The van der Waals surface area contributed by atoms with Crippen LogP contribution in [0.1, 0.15) is 12.5 Å². The zero-order chi connectivity index (χ0) is 13.8. The molecule has 1 heterocycles. The third-order valence-electron chi connectivity index (χ3n) is 2.97. The van der Waals surface area contributed by atoms with Gasteiger partial charge in [-0.1, -0.05) is 12.5 Å². The highest BCUT2D eigenvalue weighted by atomic mass is 16.3. The first-order chi connectivity index (χ1) is 9.15. The molecule has 1 aromatic rings. The Morgan fingerprint density at radius 3 is 2.58 bits per heavy atom. The number of allylic oxidation sites excluding steroid dienone is 1. The number of phenols is 1. The van der Waals surface area contributed by atoms with Crippen molar-refractivity contribution in [3.05, 3.63) is 53.3 Å². The highest BCUT2D eigenvalue weighted by Crippen LogP contribution is 2.25. The van der Waals surface area contributed by atoms with E-state index < -0.39 is 0 Å². The summed E-state index contributed by atoms with van der Waals surface area (Å²) in [5.41, 5.74) is 2.94. The van der Waals surface area contributed by atoms with Gasteiger partial charge in [-0.05, 0) is 42.7 Å². The summed E-state index contributed by atoms with van der Waals surface area (Å²) < 4.78 is 0. The topological polar surface area (TPSA) is 47.3 Å². The molecule has 0 saturated heterocycles. The van der Waals surface area contributed by atoms with Gasteiger partial charge in [0.25, 0.3) is 0 Å². The van der Waals surface area contributed by atoms with Crippen molar-refractivity contribution in [2.75, 3.05) is 13.1 Å². The van der Waals surface area contributed by atoms with Crippen LogP contribution in [0.15, 0.2) is 47.7 Å². The Morgan fingerprint density at radius 2 is 2.00 bits per heavy atom. The SMILES string of the molecule is C=C1CN(CC)C(C#Cc2ccc(O)cc2)=C1C#N. The van der Waals surface area contributed by atoms with Gasteiger partial charge < -0.3 is 10.0 Å². The molecule has 0 unspecified atom stereocenters. The number of nitrogens with zero attached hydrogens (tertiary/aromatic N) is 2. The highest BCUT2D eigenvalue weighted by molar-refractivity contribution is 5.56. The number of likely N-dealkylation sites (N-methyl/N-ethyl adjacent to an activating group) is 1. The number of hydrogen-bond acceptors (Lipinski definition) is 3. The maximum Gasteiger partial charge on any atom is 0.115 e. The second-order valence-corrected chi connectivity index (χ2v) is 4.25. The van der Waals surface area contributed by atoms with Crippen LogP contribution in [0.2, 0.25) is 0 Å². The maximum absolute atomic E-state index is 9.21. The standard InChI is InChI=1S/C16H14N2O/c1-3-18-11-12(2)15(10-17)16(18)9-6-13-4-7-14(19)8-5-13/h4-5,7-8,19H,2-3,11H2,1H3. The van der Waals surface area contributed by atoms with Crippen molar-refractivity contribution < 1.29 is 5.11 Å². The van der Waals surface area contributed by atoms with Gasteiger partial charge in [0.2, 0.25) is 0 Å². The van der Waals surface area contributed by atoms with E-state index in [2.05, 4.69) is 24.5 Å². The number of benzene rings is 1. The second kappa shape index (κ2) is 5.33. The fraction of sp³-hybridized carbons (Fsp3) is 0.188. The summed E-state index contributed by atoms with van der Waals surface area (Å²) in [5, 5.41) is 18.4. The van der Waals surface area contributed by atoms with Gasteiger partial charge in [-0.15, -0.1) is 0 Å². The van der Waals surface area contributed by atoms with Gasteiger partial charge >= 0.3 is 0 Å². The van der Waals surface area contributed by atoms with Gasteiger partial charge in [0.1, 0.15) is 17.5 Å². The Balaban J connectivity index is 2.36. The lowest BCUT2D eigenvalue weighted by atomic mass is 10.1. The van der Waals surface area contributed by atoms with Crippen molar-refractivity contribution >= 4 is 0 Å². The van der Waals surface area contributed by atoms with Crippen molar-refractivity contribution in [3.63, 3.8) is 0 Å². The summed E-state index contributed by atoms with van der Waals surface area (Å²) in [5.74, 6) is 6.27. The van der Waals surface area contributed by atoms with E-state index in [1.54, 1.807) is 24.3 Å². The minimum atomic E-state index is 0.215. The Labute approximate surface area is 113 Å². The van der Waals surface area contributed by atoms with Gasteiger partial charge in [-0.25, -0.2) is 0 Å². The molecule has 0 bridgehead atoms. The predicted molar refractivity (Wildman–Crippen MR) is 74.0 cm³/mol. The van der Waals surface area contributed by atoms with Crippen molar-refractivity contribution in [3.8, 4) is 23.7 Å². The molecule has 0 radical (unpaired) electrons. The van der Waals surface area contributed by atoms with Crippen LogP contribution < -0.4 is 0 Å². The van der Waals surface area contributed by atoms with E-state index in [0.717, 1.165) is 23.4 Å². The van der Waals surface area contributed by atoms with E-state index >= 15 is 0 Å². The number of nitriles is 1. The van der Waals surface area contributed by atoms with Crippen molar-refractivity contribution in [1.29, 1.82) is 5.26 Å². The maximum atomic E-state index is 9.21. The minimum absolute atomic E-state index is 0.215. The van der Waals surface area contributed by atoms with Gasteiger partial charge in [-0.2, -0.15) is 5.26 Å². The number of rotatable bonds is 1. The Bertz CT molecular complexity index is 636. The lowest BCUT2D eigenvalue weighted by Gasteiger charge is -2.15. The zero-order valence-corrected chi connectivity index (χ0v) is 10.8. The van der Waals surface area contributed by atoms with Crippen LogP contribution in [0.3, 0.4) is 0 Å². The summed E-state index contributed by atoms with van der Waals surface area (Å²) in [7, 11) is 0. The van der Waals surface area contributed by atoms with E-state index in [0.29, 0.717) is 12.1 Å². The van der Waals surface area contributed by atoms with Crippen LogP contribution in [0, 0.1) is 23.2 Å². The van der Waals surface area contributed by atoms with Gasteiger partial charge in [0, 0.05) is 18.7 Å². The largest absolute Gasteiger partial charge is 0.508 e. The van der Waals surface area contributed by atoms with Crippen LogP contribution in [-0.2, 0) is 0 Å². The normalized spacial score (nSPS) is 14.1.